The van der Waals surface area contributed by atoms with E-state index in [1.54, 1.807) is 35.2 Å². The molecule has 0 aromatic heterocycles. The molecule has 4 aromatic rings. The van der Waals surface area contributed by atoms with E-state index in [0.29, 0.717) is 12.1 Å². The Morgan fingerprint density at radius 3 is 1.98 bits per heavy atom. The van der Waals surface area contributed by atoms with Gasteiger partial charge in [-0.25, -0.2) is 8.42 Å². The van der Waals surface area contributed by atoms with Gasteiger partial charge in [-0.2, -0.15) is 0 Å². The molecule has 0 heterocycles. The number of nitrogens with one attached hydrogen (secondary N) is 1. The fraction of sp³-hybridized carbons (Fsp3) is 0.333. The van der Waals surface area contributed by atoms with E-state index in [4.69, 9.17) is 0 Å². The molecule has 0 aliphatic heterocycles. The van der Waals surface area contributed by atoms with E-state index in [2.05, 4.69) is 19.2 Å². The maximum atomic E-state index is 14.7. The van der Waals surface area contributed by atoms with Crippen LogP contribution in [0.4, 0.5) is 5.69 Å². The fourth-order valence-corrected chi connectivity index (χ4v) is 7.52. The normalized spacial score (nSPS) is 14.1. The largest absolute Gasteiger partial charge is 0.352 e. The summed E-state index contributed by atoms with van der Waals surface area (Å²) in [7, 11) is -4.13. The Labute approximate surface area is 279 Å². The summed E-state index contributed by atoms with van der Waals surface area (Å²) in [6.45, 7) is 5.83. The first-order chi connectivity index (χ1) is 22.6. The number of aryl methyl sites for hydroxylation is 1. The minimum absolute atomic E-state index is 0.0616. The summed E-state index contributed by atoms with van der Waals surface area (Å²) in [6.07, 6.45) is 4.23. The third-order valence-electron chi connectivity index (χ3n) is 8.90. The molecule has 0 bridgehead atoms. The highest BCUT2D eigenvalue weighted by Crippen LogP contribution is 2.27. The standard InChI is InChI=1S/C39H45N3O4S/c1-29(2)33-22-24-35(25-23-33)42(47(45,46)36-16-8-5-9-17-36)28-38(43)41(27-32-20-18-30(3)19-21-32)37(26-31-12-6-4-7-13-31)39(44)40-34-14-10-11-15-34/h4-9,12-13,16-25,29,34,37H,10-11,14-15,26-28H2,1-3H3,(H,40,44)/t37-/m1/s1. The van der Waals surface area contributed by atoms with Crippen LogP contribution in [0.1, 0.15) is 67.7 Å². The van der Waals surface area contributed by atoms with Crippen molar-refractivity contribution >= 4 is 27.5 Å². The second-order valence-corrected chi connectivity index (χ2v) is 14.6. The maximum Gasteiger partial charge on any atom is 0.264 e. The minimum Gasteiger partial charge on any atom is -0.352 e. The van der Waals surface area contributed by atoms with Gasteiger partial charge in [0.1, 0.15) is 12.6 Å². The number of hydrogen-bond acceptors (Lipinski definition) is 4. The highest BCUT2D eigenvalue weighted by Gasteiger charge is 2.35. The summed E-state index contributed by atoms with van der Waals surface area (Å²) in [5, 5.41) is 3.22. The molecule has 1 aliphatic rings. The second-order valence-electron chi connectivity index (χ2n) is 12.8. The van der Waals surface area contributed by atoms with Crippen molar-refractivity contribution in [1.82, 2.24) is 10.2 Å². The number of carbonyl (C=O) groups excluding carboxylic acids is 2. The van der Waals surface area contributed by atoms with Crippen LogP contribution in [0.15, 0.2) is 114 Å². The summed E-state index contributed by atoms with van der Waals surface area (Å²) < 4.78 is 29.6. The Hall–Kier alpha value is -4.43. The highest BCUT2D eigenvalue weighted by atomic mass is 32.2. The molecule has 1 N–H and O–H groups in total. The zero-order chi connectivity index (χ0) is 33.4. The van der Waals surface area contributed by atoms with Gasteiger partial charge >= 0.3 is 0 Å². The molecule has 1 fully saturated rings. The van der Waals surface area contributed by atoms with Gasteiger partial charge in [0.05, 0.1) is 10.6 Å². The number of benzene rings is 4. The van der Waals surface area contributed by atoms with Gasteiger partial charge in [0, 0.05) is 19.0 Å². The van der Waals surface area contributed by atoms with Crippen LogP contribution < -0.4 is 9.62 Å². The SMILES string of the molecule is Cc1ccc(CN(C(=O)CN(c2ccc(C(C)C)cc2)S(=O)(=O)c2ccccc2)[C@H](Cc2ccccc2)C(=O)NC2CCCC2)cc1. The predicted octanol–water partition coefficient (Wildman–Crippen LogP) is 7.01. The molecule has 0 radical (unpaired) electrons. The van der Waals surface area contributed by atoms with Crippen LogP contribution in [0, 0.1) is 6.92 Å². The molecular formula is C39H45N3O4S. The summed E-state index contributed by atoms with van der Waals surface area (Å²) in [5.41, 5.74) is 4.30. The van der Waals surface area contributed by atoms with Crippen molar-refractivity contribution in [2.45, 2.75) is 82.3 Å². The molecule has 5 rings (SSSR count). The Morgan fingerprint density at radius 2 is 1.38 bits per heavy atom. The molecule has 0 saturated heterocycles. The van der Waals surface area contributed by atoms with Gasteiger partial charge in [0.15, 0.2) is 0 Å². The van der Waals surface area contributed by atoms with Crippen molar-refractivity contribution in [2.24, 2.45) is 0 Å². The van der Waals surface area contributed by atoms with Gasteiger partial charge in [-0.1, -0.05) is 117 Å². The third-order valence-corrected chi connectivity index (χ3v) is 10.7. The zero-order valence-corrected chi connectivity index (χ0v) is 28.3. The molecule has 2 amide bonds. The smallest absolute Gasteiger partial charge is 0.264 e. The lowest BCUT2D eigenvalue weighted by Gasteiger charge is -2.34. The number of rotatable bonds is 13. The number of sulfonamides is 1. The van der Waals surface area contributed by atoms with Crippen molar-refractivity contribution < 1.29 is 18.0 Å². The first-order valence-electron chi connectivity index (χ1n) is 16.5. The topological polar surface area (TPSA) is 86.8 Å². The Bertz CT molecular complexity index is 1720. The van der Waals surface area contributed by atoms with Crippen molar-refractivity contribution in [3.05, 3.63) is 131 Å². The van der Waals surface area contributed by atoms with Crippen LogP contribution in [-0.4, -0.2) is 43.8 Å². The molecule has 1 saturated carbocycles. The zero-order valence-electron chi connectivity index (χ0n) is 27.5. The highest BCUT2D eigenvalue weighted by molar-refractivity contribution is 7.92. The third kappa shape index (κ3) is 8.69. The first kappa shape index (κ1) is 33.9. The average Bonchev–Trinajstić information content (AvgIpc) is 3.60. The molecule has 246 valence electrons. The minimum atomic E-state index is -4.13. The number of nitrogens with zero attached hydrogens (tertiary/aromatic N) is 2. The van der Waals surface area contributed by atoms with E-state index in [-0.39, 0.29) is 29.3 Å². The van der Waals surface area contributed by atoms with E-state index >= 15 is 0 Å². The Morgan fingerprint density at radius 1 is 0.787 bits per heavy atom. The van der Waals surface area contributed by atoms with Crippen LogP contribution in [-0.2, 0) is 32.6 Å². The van der Waals surface area contributed by atoms with Crippen molar-refractivity contribution in [1.29, 1.82) is 0 Å². The van der Waals surface area contributed by atoms with Crippen LogP contribution in [0.3, 0.4) is 0 Å². The number of hydrogen-bond donors (Lipinski definition) is 1. The molecule has 4 aromatic carbocycles. The van der Waals surface area contributed by atoms with Crippen LogP contribution in [0.5, 0.6) is 0 Å². The average molecular weight is 652 g/mol. The molecule has 7 nitrogen and oxygen atoms in total. The van der Waals surface area contributed by atoms with E-state index < -0.39 is 28.5 Å². The van der Waals surface area contributed by atoms with Gasteiger partial charge < -0.3 is 10.2 Å². The van der Waals surface area contributed by atoms with E-state index in [9.17, 15) is 18.0 Å². The van der Waals surface area contributed by atoms with Crippen molar-refractivity contribution in [3.8, 4) is 0 Å². The van der Waals surface area contributed by atoms with Crippen LogP contribution in [0.2, 0.25) is 0 Å². The van der Waals surface area contributed by atoms with Gasteiger partial charge in [0.25, 0.3) is 10.0 Å². The van der Waals surface area contributed by atoms with Crippen molar-refractivity contribution in [3.63, 3.8) is 0 Å². The van der Waals surface area contributed by atoms with Crippen molar-refractivity contribution in [2.75, 3.05) is 10.8 Å². The fourth-order valence-electron chi connectivity index (χ4n) is 6.09. The lowest BCUT2D eigenvalue weighted by molar-refractivity contribution is -0.140. The van der Waals surface area contributed by atoms with Gasteiger partial charge in [-0.05, 0) is 66.6 Å². The predicted molar refractivity (Wildman–Crippen MR) is 188 cm³/mol. The molecule has 1 atom stereocenters. The van der Waals surface area contributed by atoms with Crippen LogP contribution >= 0.6 is 0 Å². The number of anilines is 1. The summed E-state index contributed by atoms with van der Waals surface area (Å²) in [6, 6.07) is 32.2. The van der Waals surface area contributed by atoms with E-state index in [0.717, 1.165) is 47.9 Å². The number of carbonyl (C=O) groups is 2. The molecule has 0 unspecified atom stereocenters. The molecule has 0 spiro atoms. The van der Waals surface area contributed by atoms with Gasteiger partial charge in [-0.3, -0.25) is 13.9 Å². The lowest BCUT2D eigenvalue weighted by atomic mass is 10.0. The molecular weight excluding hydrogens is 607 g/mol. The lowest BCUT2D eigenvalue weighted by Crippen LogP contribution is -2.54. The summed E-state index contributed by atoms with van der Waals surface area (Å²) in [4.78, 5) is 30.5. The molecule has 47 heavy (non-hydrogen) atoms. The van der Waals surface area contributed by atoms with E-state index in [1.165, 1.54) is 16.4 Å². The Balaban J connectivity index is 1.56. The quantitative estimate of drug-likeness (QED) is 0.169. The number of amides is 2. The van der Waals surface area contributed by atoms with Gasteiger partial charge in [-0.15, -0.1) is 0 Å². The summed E-state index contributed by atoms with van der Waals surface area (Å²) >= 11 is 0. The molecule has 8 heteroatoms. The van der Waals surface area contributed by atoms with Gasteiger partial charge in [0.2, 0.25) is 11.8 Å². The van der Waals surface area contributed by atoms with Crippen LogP contribution in [0.25, 0.3) is 0 Å². The monoisotopic (exact) mass is 651 g/mol. The maximum absolute atomic E-state index is 14.7. The summed E-state index contributed by atoms with van der Waals surface area (Å²) in [5.74, 6) is -0.424. The van der Waals surface area contributed by atoms with E-state index in [1.807, 2.05) is 73.7 Å². The molecule has 1 aliphatic carbocycles. The first-order valence-corrected chi connectivity index (χ1v) is 17.9. The second kappa shape index (κ2) is 15.4. The Kier molecular flexibility index (Phi) is 11.1.